The highest BCUT2D eigenvalue weighted by molar-refractivity contribution is 5.91. The second-order valence-corrected chi connectivity index (χ2v) is 3.36. The van der Waals surface area contributed by atoms with E-state index in [4.69, 9.17) is 10.5 Å². The summed E-state index contributed by atoms with van der Waals surface area (Å²) in [4.78, 5) is 10.4. The van der Waals surface area contributed by atoms with Crippen LogP contribution in [-0.4, -0.2) is 24.5 Å². The van der Waals surface area contributed by atoms with Crippen LogP contribution in [0.25, 0.3) is 0 Å². The minimum atomic E-state index is -0.637. The maximum absolute atomic E-state index is 10.4. The molecule has 1 aliphatic heterocycles. The van der Waals surface area contributed by atoms with Crippen molar-refractivity contribution >= 4 is 11.7 Å². The predicted octanol–water partition coefficient (Wildman–Crippen LogP) is 0.456. The van der Waals surface area contributed by atoms with Crippen LogP contribution in [0.2, 0.25) is 0 Å². The largest absolute Gasteiger partial charge is 0.372 e. The van der Waals surface area contributed by atoms with Gasteiger partial charge in [-0.3, -0.25) is 0 Å². The minimum absolute atomic E-state index is 0.0202. The molecule has 0 saturated carbocycles. The number of hydrazone groups is 1. The molecule has 5 heteroatoms. The van der Waals surface area contributed by atoms with E-state index in [2.05, 4.69) is 24.4 Å². The number of carbonyl (C=O) groups excluding carboxylic acids is 1. The van der Waals surface area contributed by atoms with Crippen molar-refractivity contribution in [2.75, 3.05) is 6.61 Å². The summed E-state index contributed by atoms with van der Waals surface area (Å²) in [7, 11) is 0. The first-order valence-electron chi connectivity index (χ1n) is 4.34. The van der Waals surface area contributed by atoms with E-state index in [1.165, 1.54) is 0 Å². The second kappa shape index (κ2) is 4.23. The molecule has 5 nitrogen and oxygen atoms in total. The van der Waals surface area contributed by atoms with Crippen molar-refractivity contribution in [3.63, 3.8) is 0 Å². The molecule has 0 spiro atoms. The first kappa shape index (κ1) is 9.98. The zero-order valence-corrected chi connectivity index (χ0v) is 7.91. The van der Waals surface area contributed by atoms with Gasteiger partial charge in [-0.25, -0.2) is 10.2 Å². The number of ether oxygens (including phenoxy) is 1. The number of hydrogen-bond acceptors (Lipinski definition) is 3. The third-order valence-electron chi connectivity index (χ3n) is 1.90. The number of primary amides is 1. The zero-order valence-electron chi connectivity index (χ0n) is 7.91. The average Bonchev–Trinajstić information content (AvgIpc) is 2.47. The van der Waals surface area contributed by atoms with Gasteiger partial charge in [-0.1, -0.05) is 13.8 Å². The number of nitrogens with zero attached hydrogens (tertiary/aromatic N) is 1. The second-order valence-electron chi connectivity index (χ2n) is 3.36. The Hall–Kier alpha value is -1.10. The maximum Gasteiger partial charge on any atom is 0.332 e. The Morgan fingerprint density at radius 2 is 2.46 bits per heavy atom. The van der Waals surface area contributed by atoms with E-state index < -0.39 is 6.03 Å². The monoisotopic (exact) mass is 185 g/mol. The quantitative estimate of drug-likeness (QED) is 0.613. The molecule has 1 saturated heterocycles. The lowest BCUT2D eigenvalue weighted by Crippen LogP contribution is -2.29. The van der Waals surface area contributed by atoms with Crippen LogP contribution in [0.5, 0.6) is 0 Å². The number of amides is 2. The van der Waals surface area contributed by atoms with E-state index in [9.17, 15) is 4.79 Å². The van der Waals surface area contributed by atoms with Gasteiger partial charge in [0.2, 0.25) is 0 Å². The molecule has 1 fully saturated rings. The van der Waals surface area contributed by atoms with Crippen LogP contribution in [0, 0.1) is 5.92 Å². The van der Waals surface area contributed by atoms with Gasteiger partial charge in [0.15, 0.2) is 0 Å². The SMILES string of the molecule is CC(C)C1OCC/C1=N\NC(N)=O. The smallest absolute Gasteiger partial charge is 0.332 e. The van der Waals surface area contributed by atoms with Crippen LogP contribution in [0.1, 0.15) is 20.3 Å². The molecule has 13 heavy (non-hydrogen) atoms. The standard InChI is InChI=1S/C8H15N3O2/c1-5(2)7-6(3-4-13-7)10-11-8(9)12/h5,7H,3-4H2,1-2H3,(H3,9,11,12)/b10-6+. The molecule has 74 valence electrons. The Labute approximate surface area is 77.3 Å². The van der Waals surface area contributed by atoms with Crippen molar-refractivity contribution in [2.24, 2.45) is 16.8 Å². The van der Waals surface area contributed by atoms with Crippen LogP contribution in [-0.2, 0) is 4.74 Å². The molecule has 0 radical (unpaired) electrons. The Bertz CT molecular complexity index is 225. The highest BCUT2D eigenvalue weighted by Crippen LogP contribution is 2.17. The van der Waals surface area contributed by atoms with Crippen LogP contribution in [0.4, 0.5) is 4.79 Å². The molecule has 0 aliphatic carbocycles. The molecule has 3 N–H and O–H groups in total. The minimum Gasteiger partial charge on any atom is -0.372 e. The van der Waals surface area contributed by atoms with E-state index in [-0.39, 0.29) is 6.10 Å². The van der Waals surface area contributed by atoms with Crippen molar-refractivity contribution < 1.29 is 9.53 Å². The average molecular weight is 185 g/mol. The number of hydrogen-bond donors (Lipinski definition) is 2. The molecule has 1 heterocycles. The number of nitrogens with one attached hydrogen (secondary N) is 1. The zero-order chi connectivity index (χ0) is 9.84. The fourth-order valence-corrected chi connectivity index (χ4v) is 1.35. The van der Waals surface area contributed by atoms with Gasteiger partial charge in [0.1, 0.15) is 0 Å². The Morgan fingerprint density at radius 3 is 3.00 bits per heavy atom. The molecule has 0 aromatic heterocycles. The summed E-state index contributed by atoms with van der Waals surface area (Å²) in [6.45, 7) is 4.77. The lowest BCUT2D eigenvalue weighted by Gasteiger charge is -2.13. The molecule has 0 aromatic carbocycles. The molecule has 1 rings (SSSR count). The first-order valence-corrected chi connectivity index (χ1v) is 4.34. The van der Waals surface area contributed by atoms with E-state index in [0.717, 1.165) is 12.1 Å². The molecular weight excluding hydrogens is 170 g/mol. The van der Waals surface area contributed by atoms with E-state index >= 15 is 0 Å². The molecule has 1 unspecified atom stereocenters. The van der Waals surface area contributed by atoms with Gasteiger partial charge < -0.3 is 10.5 Å². The van der Waals surface area contributed by atoms with Crippen molar-refractivity contribution in [3.05, 3.63) is 0 Å². The summed E-state index contributed by atoms with van der Waals surface area (Å²) in [5.41, 5.74) is 7.98. The van der Waals surface area contributed by atoms with Gasteiger partial charge in [0.05, 0.1) is 18.4 Å². The fourth-order valence-electron chi connectivity index (χ4n) is 1.35. The lowest BCUT2D eigenvalue weighted by molar-refractivity contribution is 0.101. The predicted molar refractivity (Wildman–Crippen MR) is 49.3 cm³/mol. The Balaban J connectivity index is 2.57. The molecule has 1 aliphatic rings. The molecule has 0 bridgehead atoms. The highest BCUT2D eigenvalue weighted by atomic mass is 16.5. The van der Waals surface area contributed by atoms with Gasteiger partial charge in [0, 0.05) is 6.42 Å². The Kier molecular flexibility index (Phi) is 3.25. The summed E-state index contributed by atoms with van der Waals surface area (Å²) in [5, 5.41) is 3.89. The summed E-state index contributed by atoms with van der Waals surface area (Å²) in [6, 6.07) is -0.637. The van der Waals surface area contributed by atoms with Gasteiger partial charge in [-0.05, 0) is 5.92 Å². The highest BCUT2D eigenvalue weighted by Gasteiger charge is 2.26. The molecule has 1 atom stereocenters. The summed E-state index contributed by atoms with van der Waals surface area (Å²) < 4.78 is 5.44. The van der Waals surface area contributed by atoms with Gasteiger partial charge in [-0.2, -0.15) is 5.10 Å². The normalized spacial score (nSPS) is 25.5. The summed E-state index contributed by atoms with van der Waals surface area (Å²) in [6.07, 6.45) is 0.787. The first-order chi connectivity index (χ1) is 6.11. The number of carbonyl (C=O) groups is 1. The number of urea groups is 1. The van der Waals surface area contributed by atoms with Crippen molar-refractivity contribution in [1.82, 2.24) is 5.43 Å². The van der Waals surface area contributed by atoms with E-state index in [0.29, 0.717) is 12.5 Å². The van der Waals surface area contributed by atoms with Crippen LogP contribution in [0.3, 0.4) is 0 Å². The van der Waals surface area contributed by atoms with Gasteiger partial charge in [0.25, 0.3) is 0 Å². The van der Waals surface area contributed by atoms with E-state index in [1.807, 2.05) is 0 Å². The molecule has 0 aromatic rings. The third-order valence-corrected chi connectivity index (χ3v) is 1.90. The number of nitrogens with two attached hydrogens (primary N) is 1. The molecular formula is C8H15N3O2. The number of rotatable bonds is 2. The lowest BCUT2D eigenvalue weighted by atomic mass is 10.0. The maximum atomic E-state index is 10.4. The summed E-state index contributed by atoms with van der Waals surface area (Å²) >= 11 is 0. The van der Waals surface area contributed by atoms with Crippen LogP contribution < -0.4 is 11.2 Å². The van der Waals surface area contributed by atoms with Crippen molar-refractivity contribution in [1.29, 1.82) is 0 Å². The van der Waals surface area contributed by atoms with E-state index in [1.54, 1.807) is 0 Å². The van der Waals surface area contributed by atoms with Gasteiger partial charge in [-0.15, -0.1) is 0 Å². The van der Waals surface area contributed by atoms with Crippen LogP contribution in [0.15, 0.2) is 5.10 Å². The van der Waals surface area contributed by atoms with Gasteiger partial charge >= 0.3 is 6.03 Å². The Morgan fingerprint density at radius 1 is 1.77 bits per heavy atom. The van der Waals surface area contributed by atoms with Crippen LogP contribution >= 0.6 is 0 Å². The topological polar surface area (TPSA) is 76.7 Å². The molecule has 2 amide bonds. The van der Waals surface area contributed by atoms with Crippen molar-refractivity contribution in [3.8, 4) is 0 Å². The van der Waals surface area contributed by atoms with Crippen molar-refractivity contribution in [2.45, 2.75) is 26.4 Å². The summed E-state index contributed by atoms with van der Waals surface area (Å²) in [5.74, 6) is 0.371. The fraction of sp³-hybridized carbons (Fsp3) is 0.750. The third kappa shape index (κ3) is 2.69.